The second-order valence-electron chi connectivity index (χ2n) is 3.90. The Labute approximate surface area is 115 Å². The van der Waals surface area contributed by atoms with Gasteiger partial charge in [0.15, 0.2) is 0 Å². The van der Waals surface area contributed by atoms with E-state index in [1.165, 1.54) is 11.3 Å². The van der Waals surface area contributed by atoms with Crippen LogP contribution >= 0.6 is 11.3 Å². The standard InChI is InChI=1S/C15H14O3S/c1-2-5-11-6-3-4-7-13(11)18-10-12-8-9-14(19-12)15(16)17/h2-9H,10H2,1H3,(H,16,17). The van der Waals surface area contributed by atoms with Gasteiger partial charge in [0.2, 0.25) is 0 Å². The van der Waals surface area contributed by atoms with E-state index in [1.807, 2.05) is 43.3 Å². The molecule has 0 radical (unpaired) electrons. The summed E-state index contributed by atoms with van der Waals surface area (Å²) in [4.78, 5) is 12.0. The second kappa shape index (κ2) is 6.20. The van der Waals surface area contributed by atoms with E-state index in [4.69, 9.17) is 9.84 Å². The Hall–Kier alpha value is -2.07. The highest BCUT2D eigenvalue weighted by Gasteiger charge is 2.07. The molecule has 1 aromatic heterocycles. The molecule has 0 fully saturated rings. The van der Waals surface area contributed by atoms with E-state index in [2.05, 4.69) is 0 Å². The molecule has 0 saturated carbocycles. The smallest absolute Gasteiger partial charge is 0.345 e. The predicted molar refractivity (Wildman–Crippen MR) is 76.8 cm³/mol. The highest BCUT2D eigenvalue weighted by molar-refractivity contribution is 7.13. The summed E-state index contributed by atoms with van der Waals surface area (Å²) >= 11 is 1.24. The molecule has 4 heteroatoms. The van der Waals surface area contributed by atoms with Gasteiger partial charge < -0.3 is 9.84 Å². The summed E-state index contributed by atoms with van der Waals surface area (Å²) in [6.45, 7) is 2.34. The van der Waals surface area contributed by atoms with E-state index in [9.17, 15) is 4.79 Å². The van der Waals surface area contributed by atoms with Gasteiger partial charge in [0.25, 0.3) is 0 Å². The van der Waals surface area contributed by atoms with Crippen molar-refractivity contribution in [2.45, 2.75) is 13.5 Å². The number of aromatic carboxylic acids is 1. The number of hydrogen-bond acceptors (Lipinski definition) is 3. The summed E-state index contributed by atoms with van der Waals surface area (Å²) in [7, 11) is 0. The molecule has 0 amide bonds. The molecule has 0 aliphatic rings. The zero-order chi connectivity index (χ0) is 13.7. The second-order valence-corrected chi connectivity index (χ2v) is 5.07. The van der Waals surface area contributed by atoms with Gasteiger partial charge in [-0.05, 0) is 25.1 Å². The third-order valence-electron chi connectivity index (χ3n) is 2.51. The van der Waals surface area contributed by atoms with Gasteiger partial charge in [-0.15, -0.1) is 11.3 Å². The Bertz CT molecular complexity index is 599. The molecule has 0 saturated heterocycles. The maximum atomic E-state index is 10.8. The molecule has 0 aliphatic carbocycles. The predicted octanol–water partition coefficient (Wildman–Crippen LogP) is 4.06. The van der Waals surface area contributed by atoms with Crippen LogP contribution in [0, 0.1) is 0 Å². The Morgan fingerprint density at radius 2 is 2.11 bits per heavy atom. The monoisotopic (exact) mass is 274 g/mol. The van der Waals surface area contributed by atoms with Crippen LogP contribution in [-0.4, -0.2) is 11.1 Å². The van der Waals surface area contributed by atoms with Gasteiger partial charge in [0.05, 0.1) is 0 Å². The first-order valence-corrected chi connectivity index (χ1v) is 6.69. The van der Waals surface area contributed by atoms with Crippen LogP contribution in [0.5, 0.6) is 5.75 Å². The summed E-state index contributed by atoms with van der Waals surface area (Å²) in [5.74, 6) is -0.101. The van der Waals surface area contributed by atoms with Crippen LogP contribution in [0.25, 0.3) is 6.08 Å². The number of thiophene rings is 1. The molecule has 2 rings (SSSR count). The molecular weight excluding hydrogens is 260 g/mol. The third-order valence-corrected chi connectivity index (χ3v) is 3.55. The SMILES string of the molecule is CC=Cc1ccccc1OCc1ccc(C(=O)O)s1. The van der Waals surface area contributed by atoms with Gasteiger partial charge >= 0.3 is 5.97 Å². The minimum absolute atomic E-state index is 0.334. The number of ether oxygens (including phenoxy) is 1. The van der Waals surface area contributed by atoms with E-state index < -0.39 is 5.97 Å². The van der Waals surface area contributed by atoms with Gasteiger partial charge in [0.1, 0.15) is 17.2 Å². The quantitative estimate of drug-likeness (QED) is 0.894. The van der Waals surface area contributed by atoms with Gasteiger partial charge in [-0.3, -0.25) is 0 Å². The first-order valence-electron chi connectivity index (χ1n) is 5.87. The highest BCUT2D eigenvalue weighted by atomic mass is 32.1. The fourth-order valence-corrected chi connectivity index (χ4v) is 2.41. The molecule has 0 aliphatic heterocycles. The van der Waals surface area contributed by atoms with Crippen molar-refractivity contribution in [3.63, 3.8) is 0 Å². The molecule has 2 aromatic rings. The maximum Gasteiger partial charge on any atom is 0.345 e. The van der Waals surface area contributed by atoms with Crippen LogP contribution in [0.3, 0.4) is 0 Å². The summed E-state index contributed by atoms with van der Waals surface area (Å²) in [5.41, 5.74) is 1.01. The van der Waals surface area contributed by atoms with Crippen molar-refractivity contribution in [3.05, 3.63) is 57.8 Å². The summed E-state index contributed by atoms with van der Waals surface area (Å²) < 4.78 is 5.74. The lowest BCUT2D eigenvalue weighted by molar-refractivity contribution is 0.0702. The summed E-state index contributed by atoms with van der Waals surface area (Å²) in [6, 6.07) is 11.1. The number of carboxylic acid groups (broad SMARTS) is 1. The lowest BCUT2D eigenvalue weighted by Crippen LogP contribution is -1.94. The number of allylic oxidation sites excluding steroid dienone is 1. The number of carbonyl (C=O) groups is 1. The first kappa shape index (κ1) is 13.4. The van der Waals surface area contributed by atoms with Crippen molar-refractivity contribution >= 4 is 23.4 Å². The highest BCUT2D eigenvalue weighted by Crippen LogP contribution is 2.23. The molecule has 0 unspecified atom stereocenters. The molecule has 0 spiro atoms. The number of para-hydroxylation sites is 1. The van der Waals surface area contributed by atoms with Crippen molar-refractivity contribution in [3.8, 4) is 5.75 Å². The number of carboxylic acids is 1. The molecule has 0 atom stereocenters. The van der Waals surface area contributed by atoms with Crippen molar-refractivity contribution in [2.24, 2.45) is 0 Å². The van der Waals surface area contributed by atoms with Crippen molar-refractivity contribution in [2.75, 3.05) is 0 Å². The molecular formula is C15H14O3S. The first-order chi connectivity index (χ1) is 9.20. The van der Waals surface area contributed by atoms with E-state index in [1.54, 1.807) is 12.1 Å². The van der Waals surface area contributed by atoms with E-state index in [0.29, 0.717) is 11.5 Å². The number of benzene rings is 1. The van der Waals surface area contributed by atoms with Crippen LogP contribution in [-0.2, 0) is 6.61 Å². The van der Waals surface area contributed by atoms with Crippen molar-refractivity contribution in [1.29, 1.82) is 0 Å². The van der Waals surface area contributed by atoms with Crippen molar-refractivity contribution in [1.82, 2.24) is 0 Å². The summed E-state index contributed by atoms with van der Waals surface area (Å²) in [5, 5.41) is 8.86. The fourth-order valence-electron chi connectivity index (χ4n) is 1.65. The average Bonchev–Trinajstić information content (AvgIpc) is 2.87. The summed E-state index contributed by atoms with van der Waals surface area (Å²) in [6.07, 6.45) is 3.93. The largest absolute Gasteiger partial charge is 0.487 e. The lowest BCUT2D eigenvalue weighted by Gasteiger charge is -2.07. The number of rotatable bonds is 5. The zero-order valence-electron chi connectivity index (χ0n) is 10.5. The van der Waals surface area contributed by atoms with Crippen LogP contribution in [0.1, 0.15) is 27.0 Å². The van der Waals surface area contributed by atoms with Crippen LogP contribution in [0.4, 0.5) is 0 Å². The van der Waals surface area contributed by atoms with Gasteiger partial charge in [-0.2, -0.15) is 0 Å². The molecule has 3 nitrogen and oxygen atoms in total. The molecule has 1 aromatic carbocycles. The number of hydrogen-bond donors (Lipinski definition) is 1. The topological polar surface area (TPSA) is 46.5 Å². The minimum atomic E-state index is -0.898. The van der Waals surface area contributed by atoms with Crippen LogP contribution in [0.15, 0.2) is 42.5 Å². The molecule has 1 N–H and O–H groups in total. The lowest BCUT2D eigenvalue weighted by atomic mass is 10.2. The average molecular weight is 274 g/mol. The van der Waals surface area contributed by atoms with Gasteiger partial charge in [-0.1, -0.05) is 30.4 Å². The molecule has 0 bridgehead atoms. The molecule has 19 heavy (non-hydrogen) atoms. The zero-order valence-corrected chi connectivity index (χ0v) is 11.3. The maximum absolute atomic E-state index is 10.8. The van der Waals surface area contributed by atoms with Gasteiger partial charge in [-0.25, -0.2) is 4.79 Å². The Morgan fingerprint density at radius 3 is 2.79 bits per heavy atom. The van der Waals surface area contributed by atoms with Gasteiger partial charge in [0, 0.05) is 10.4 Å². The minimum Gasteiger partial charge on any atom is -0.487 e. The Morgan fingerprint density at radius 1 is 1.32 bits per heavy atom. The third kappa shape index (κ3) is 3.45. The fraction of sp³-hybridized carbons (Fsp3) is 0.133. The normalized spacial score (nSPS) is 10.8. The van der Waals surface area contributed by atoms with E-state index >= 15 is 0 Å². The molecule has 1 heterocycles. The van der Waals surface area contributed by atoms with Crippen LogP contribution < -0.4 is 4.74 Å². The van der Waals surface area contributed by atoms with E-state index in [-0.39, 0.29) is 0 Å². The Kier molecular flexibility index (Phi) is 4.36. The molecule has 98 valence electrons. The van der Waals surface area contributed by atoms with Crippen molar-refractivity contribution < 1.29 is 14.6 Å². The Balaban J connectivity index is 2.07. The van der Waals surface area contributed by atoms with Crippen LogP contribution in [0.2, 0.25) is 0 Å². The van der Waals surface area contributed by atoms with E-state index in [0.717, 1.165) is 16.2 Å².